The van der Waals surface area contributed by atoms with Gasteiger partial charge >= 0.3 is 7.60 Å². The second kappa shape index (κ2) is 6.04. The summed E-state index contributed by atoms with van der Waals surface area (Å²) >= 11 is 11.8. The van der Waals surface area contributed by atoms with E-state index in [1.165, 1.54) is 6.07 Å². The van der Waals surface area contributed by atoms with Crippen molar-refractivity contribution in [2.75, 3.05) is 13.2 Å². The molecular formula is C10H13Cl2O3P. The lowest BCUT2D eigenvalue weighted by Gasteiger charge is -2.18. The number of benzene rings is 1. The molecule has 0 aliphatic carbocycles. The first-order valence-electron chi connectivity index (χ1n) is 4.88. The Balaban J connectivity index is 3.20. The summed E-state index contributed by atoms with van der Waals surface area (Å²) in [6.45, 7) is 4.04. The Bertz CT molecular complexity index is 399. The van der Waals surface area contributed by atoms with Crippen LogP contribution in [0.15, 0.2) is 18.2 Å². The van der Waals surface area contributed by atoms with Crippen molar-refractivity contribution in [3.63, 3.8) is 0 Å². The lowest BCUT2D eigenvalue weighted by atomic mass is 10.4. The molecule has 6 heteroatoms. The third-order valence-electron chi connectivity index (χ3n) is 1.80. The Kier molecular flexibility index (Phi) is 5.29. The average Bonchev–Trinajstić information content (AvgIpc) is 2.22. The first kappa shape index (κ1) is 14.0. The van der Waals surface area contributed by atoms with Gasteiger partial charge in [0.15, 0.2) is 0 Å². The summed E-state index contributed by atoms with van der Waals surface area (Å²) in [5.41, 5.74) is 0. The van der Waals surface area contributed by atoms with Crippen molar-refractivity contribution in [1.82, 2.24) is 0 Å². The van der Waals surface area contributed by atoms with Gasteiger partial charge < -0.3 is 9.05 Å². The van der Waals surface area contributed by atoms with Crippen LogP contribution in [-0.4, -0.2) is 13.2 Å². The fourth-order valence-corrected chi connectivity index (χ4v) is 3.55. The van der Waals surface area contributed by atoms with Gasteiger partial charge in [-0.2, -0.15) is 0 Å². The van der Waals surface area contributed by atoms with Crippen LogP contribution in [0, 0.1) is 0 Å². The van der Waals surface area contributed by atoms with E-state index in [1.807, 2.05) is 0 Å². The fourth-order valence-electron chi connectivity index (χ4n) is 1.21. The SMILES string of the molecule is CCOP(=O)(OCC)c1cc(Cl)ccc1Cl. The van der Waals surface area contributed by atoms with Gasteiger partial charge in [-0.3, -0.25) is 4.57 Å². The minimum absolute atomic E-state index is 0.278. The van der Waals surface area contributed by atoms with Gasteiger partial charge in [0.05, 0.1) is 23.5 Å². The topological polar surface area (TPSA) is 35.5 Å². The van der Waals surface area contributed by atoms with E-state index in [9.17, 15) is 4.57 Å². The van der Waals surface area contributed by atoms with E-state index in [4.69, 9.17) is 32.2 Å². The van der Waals surface area contributed by atoms with Gasteiger partial charge in [0.25, 0.3) is 0 Å². The summed E-state index contributed by atoms with van der Waals surface area (Å²) in [7, 11) is -3.35. The molecule has 16 heavy (non-hydrogen) atoms. The minimum atomic E-state index is -3.35. The summed E-state index contributed by atoms with van der Waals surface area (Å²) < 4.78 is 22.8. The van der Waals surface area contributed by atoms with Crippen LogP contribution in [-0.2, 0) is 13.6 Å². The maximum absolute atomic E-state index is 12.4. The van der Waals surface area contributed by atoms with Crippen molar-refractivity contribution in [2.24, 2.45) is 0 Å². The van der Waals surface area contributed by atoms with E-state index in [1.54, 1.807) is 26.0 Å². The maximum atomic E-state index is 12.4. The van der Waals surface area contributed by atoms with E-state index < -0.39 is 7.60 Å². The summed E-state index contributed by atoms with van der Waals surface area (Å²) in [4.78, 5) is 0. The number of rotatable bonds is 5. The molecule has 3 nitrogen and oxygen atoms in total. The first-order valence-corrected chi connectivity index (χ1v) is 7.18. The van der Waals surface area contributed by atoms with Crippen LogP contribution < -0.4 is 5.30 Å². The molecule has 0 aromatic heterocycles. The molecule has 90 valence electrons. The van der Waals surface area contributed by atoms with Crippen LogP contribution in [0.5, 0.6) is 0 Å². The molecule has 0 spiro atoms. The zero-order valence-electron chi connectivity index (χ0n) is 9.07. The Hall–Kier alpha value is -0.0500. The second-order valence-electron chi connectivity index (χ2n) is 2.93. The van der Waals surface area contributed by atoms with Gasteiger partial charge in [0, 0.05) is 5.02 Å². The van der Waals surface area contributed by atoms with E-state index in [2.05, 4.69) is 0 Å². The number of halogens is 2. The van der Waals surface area contributed by atoms with Crippen LogP contribution >= 0.6 is 30.8 Å². The molecule has 0 saturated carbocycles. The molecular weight excluding hydrogens is 270 g/mol. The standard InChI is InChI=1S/C10H13Cl2O3P/c1-3-14-16(13,15-4-2)10-7-8(11)5-6-9(10)12/h5-7H,3-4H2,1-2H3. The highest BCUT2D eigenvalue weighted by Gasteiger charge is 2.29. The molecule has 1 aromatic carbocycles. The van der Waals surface area contributed by atoms with Crippen LogP contribution in [0.2, 0.25) is 10.0 Å². The van der Waals surface area contributed by atoms with E-state index in [0.717, 1.165) is 0 Å². The molecule has 0 heterocycles. The zero-order chi connectivity index (χ0) is 12.2. The quantitative estimate of drug-likeness (QED) is 0.769. The largest absolute Gasteiger partial charge is 0.362 e. The molecule has 0 bridgehead atoms. The minimum Gasteiger partial charge on any atom is -0.305 e. The third kappa shape index (κ3) is 3.22. The maximum Gasteiger partial charge on any atom is 0.362 e. The van der Waals surface area contributed by atoms with Gasteiger partial charge in [-0.05, 0) is 32.0 Å². The van der Waals surface area contributed by atoms with Gasteiger partial charge in [-0.25, -0.2) is 0 Å². The molecule has 0 atom stereocenters. The van der Waals surface area contributed by atoms with Crippen LogP contribution in [0.3, 0.4) is 0 Å². The predicted octanol–water partition coefficient (Wildman–Crippen LogP) is 3.88. The summed E-state index contributed by atoms with van der Waals surface area (Å²) in [5.74, 6) is 0. The average molecular weight is 283 g/mol. The van der Waals surface area contributed by atoms with Crippen molar-refractivity contribution in [2.45, 2.75) is 13.8 Å². The van der Waals surface area contributed by atoms with E-state index >= 15 is 0 Å². The van der Waals surface area contributed by atoms with Gasteiger partial charge in [-0.1, -0.05) is 23.2 Å². The smallest absolute Gasteiger partial charge is 0.305 e. The van der Waals surface area contributed by atoms with Gasteiger partial charge in [-0.15, -0.1) is 0 Å². The highest BCUT2D eigenvalue weighted by Crippen LogP contribution is 2.48. The van der Waals surface area contributed by atoms with Gasteiger partial charge in [0.1, 0.15) is 0 Å². The normalized spacial score (nSPS) is 11.8. The molecule has 0 N–H and O–H groups in total. The van der Waals surface area contributed by atoms with Crippen molar-refractivity contribution in [3.05, 3.63) is 28.2 Å². The molecule has 0 fully saturated rings. The molecule has 0 radical (unpaired) electrons. The lowest BCUT2D eigenvalue weighted by Crippen LogP contribution is -2.12. The molecule has 0 aliphatic heterocycles. The van der Waals surface area contributed by atoms with Gasteiger partial charge in [0.2, 0.25) is 0 Å². The molecule has 0 saturated heterocycles. The first-order chi connectivity index (χ1) is 7.53. The monoisotopic (exact) mass is 282 g/mol. The Morgan fingerprint density at radius 3 is 2.25 bits per heavy atom. The van der Waals surface area contributed by atoms with Crippen molar-refractivity contribution < 1.29 is 13.6 Å². The molecule has 0 aliphatic rings. The zero-order valence-corrected chi connectivity index (χ0v) is 11.5. The summed E-state index contributed by atoms with van der Waals surface area (Å²) in [5, 5.41) is 1.08. The molecule has 0 amide bonds. The second-order valence-corrected chi connectivity index (χ2v) is 5.77. The van der Waals surface area contributed by atoms with E-state index in [0.29, 0.717) is 15.3 Å². The summed E-state index contributed by atoms with van der Waals surface area (Å²) in [6.07, 6.45) is 0. The van der Waals surface area contributed by atoms with Crippen LogP contribution in [0.4, 0.5) is 0 Å². The van der Waals surface area contributed by atoms with Crippen LogP contribution in [0.25, 0.3) is 0 Å². The van der Waals surface area contributed by atoms with Crippen molar-refractivity contribution >= 4 is 36.1 Å². The Morgan fingerprint density at radius 1 is 1.19 bits per heavy atom. The van der Waals surface area contributed by atoms with E-state index in [-0.39, 0.29) is 13.2 Å². The molecule has 1 rings (SSSR count). The van der Waals surface area contributed by atoms with Crippen LogP contribution in [0.1, 0.15) is 13.8 Å². The number of hydrogen-bond donors (Lipinski definition) is 0. The molecule has 0 unspecified atom stereocenters. The highest BCUT2D eigenvalue weighted by molar-refractivity contribution is 7.62. The lowest BCUT2D eigenvalue weighted by molar-refractivity contribution is 0.230. The summed E-state index contributed by atoms with van der Waals surface area (Å²) in [6, 6.07) is 4.70. The molecule has 1 aromatic rings. The number of hydrogen-bond acceptors (Lipinski definition) is 3. The third-order valence-corrected chi connectivity index (χ3v) is 4.65. The predicted molar refractivity (Wildman–Crippen MR) is 67.0 cm³/mol. The fraction of sp³-hybridized carbons (Fsp3) is 0.400. The Labute approximate surface area is 105 Å². The van der Waals surface area contributed by atoms with Crippen molar-refractivity contribution in [3.8, 4) is 0 Å². The Morgan fingerprint density at radius 2 is 1.75 bits per heavy atom. The van der Waals surface area contributed by atoms with Crippen molar-refractivity contribution in [1.29, 1.82) is 0 Å². The highest BCUT2D eigenvalue weighted by atomic mass is 35.5.